The minimum atomic E-state index is -0.347. The minimum absolute atomic E-state index is 0.218. The molecular formula is C24H17NO2S. The first-order valence-electron chi connectivity index (χ1n) is 9.20. The van der Waals surface area contributed by atoms with Crippen LogP contribution in [0.25, 0.3) is 21.2 Å². The quantitative estimate of drug-likeness (QED) is 0.412. The van der Waals surface area contributed by atoms with E-state index in [9.17, 15) is 9.59 Å². The van der Waals surface area contributed by atoms with Crippen LogP contribution >= 0.6 is 11.3 Å². The number of amides is 2. The predicted molar refractivity (Wildman–Crippen MR) is 113 cm³/mol. The Labute approximate surface area is 166 Å². The van der Waals surface area contributed by atoms with Gasteiger partial charge in [0.05, 0.1) is 17.2 Å². The Kier molecular flexibility index (Phi) is 3.88. The smallest absolute Gasteiger partial charge is 0.262 e. The lowest BCUT2D eigenvalue weighted by Crippen LogP contribution is -2.32. The lowest BCUT2D eigenvalue weighted by atomic mass is 9.99. The number of rotatable bonds is 3. The molecule has 3 aromatic carbocycles. The fraction of sp³-hybridized carbons (Fsp3) is 0.0833. The number of hydrogen-bond donors (Lipinski definition) is 0. The van der Waals surface area contributed by atoms with Crippen LogP contribution < -0.4 is 0 Å². The van der Waals surface area contributed by atoms with Gasteiger partial charge in [-0.2, -0.15) is 0 Å². The Morgan fingerprint density at radius 2 is 1.32 bits per heavy atom. The molecule has 0 saturated carbocycles. The van der Waals surface area contributed by atoms with E-state index in [1.807, 2.05) is 37.3 Å². The molecule has 0 bridgehead atoms. The van der Waals surface area contributed by atoms with Gasteiger partial charge in [0.2, 0.25) is 0 Å². The summed E-state index contributed by atoms with van der Waals surface area (Å²) < 4.78 is 1.15. The van der Waals surface area contributed by atoms with E-state index in [1.165, 1.54) is 4.90 Å². The molecule has 3 nitrogen and oxygen atoms in total. The van der Waals surface area contributed by atoms with Crippen molar-refractivity contribution < 1.29 is 9.59 Å². The van der Waals surface area contributed by atoms with Crippen LogP contribution in [0.15, 0.2) is 78.9 Å². The molecule has 4 aromatic rings. The molecule has 28 heavy (non-hydrogen) atoms. The Balaban J connectivity index is 1.68. The average Bonchev–Trinajstić information content (AvgIpc) is 3.24. The molecule has 1 atom stereocenters. The van der Waals surface area contributed by atoms with Crippen LogP contribution in [0.1, 0.15) is 38.6 Å². The van der Waals surface area contributed by atoms with Gasteiger partial charge in [-0.15, -0.1) is 11.3 Å². The average molecular weight is 383 g/mol. The second kappa shape index (κ2) is 6.43. The molecule has 1 unspecified atom stereocenters. The van der Waals surface area contributed by atoms with E-state index in [4.69, 9.17) is 0 Å². The number of carbonyl (C=O) groups is 2. The largest absolute Gasteiger partial charge is 0.269 e. The van der Waals surface area contributed by atoms with Crippen LogP contribution in [-0.4, -0.2) is 16.7 Å². The summed E-state index contributed by atoms with van der Waals surface area (Å²) in [6.07, 6.45) is 0. The molecule has 2 heterocycles. The Bertz CT molecular complexity index is 1190. The summed E-state index contributed by atoms with van der Waals surface area (Å²) in [5.41, 5.74) is 3.17. The lowest BCUT2D eigenvalue weighted by molar-refractivity contribution is 0.0598. The molecule has 4 heteroatoms. The van der Waals surface area contributed by atoms with Crippen LogP contribution in [0.3, 0.4) is 0 Å². The molecule has 0 fully saturated rings. The zero-order valence-electron chi connectivity index (χ0n) is 15.3. The highest BCUT2D eigenvalue weighted by Crippen LogP contribution is 2.44. The van der Waals surface area contributed by atoms with Gasteiger partial charge in [-0.25, -0.2) is 0 Å². The first-order valence-corrected chi connectivity index (χ1v) is 10.0. The molecule has 2 amide bonds. The number of thiophene rings is 1. The summed E-state index contributed by atoms with van der Waals surface area (Å²) in [4.78, 5) is 28.4. The van der Waals surface area contributed by atoms with Crippen molar-refractivity contribution in [1.82, 2.24) is 4.90 Å². The third-order valence-corrected chi connectivity index (χ3v) is 6.62. The Morgan fingerprint density at radius 1 is 0.750 bits per heavy atom. The van der Waals surface area contributed by atoms with E-state index >= 15 is 0 Å². The fourth-order valence-corrected chi connectivity index (χ4v) is 5.21. The number of nitrogens with zero attached hydrogens (tertiary/aromatic N) is 1. The lowest BCUT2D eigenvalue weighted by Gasteiger charge is -2.23. The van der Waals surface area contributed by atoms with Crippen molar-refractivity contribution in [1.29, 1.82) is 0 Å². The highest BCUT2D eigenvalue weighted by molar-refractivity contribution is 7.19. The standard InChI is InChI=1S/C24H17NO2S/c1-15(25-23(26)17-11-5-6-12-18(17)24(25)27)22-21(16-9-3-2-4-10-16)19-13-7-8-14-20(19)28-22/h2-15H,1H3. The van der Waals surface area contributed by atoms with Gasteiger partial charge in [0, 0.05) is 20.5 Å². The van der Waals surface area contributed by atoms with Gasteiger partial charge in [0.15, 0.2) is 0 Å². The highest BCUT2D eigenvalue weighted by Gasteiger charge is 2.40. The number of fused-ring (bicyclic) bond motifs is 2. The molecule has 0 aliphatic carbocycles. The summed E-state index contributed by atoms with van der Waals surface area (Å²) in [5.74, 6) is -0.436. The summed E-state index contributed by atoms with van der Waals surface area (Å²) in [7, 11) is 0. The van der Waals surface area contributed by atoms with E-state index in [0.717, 1.165) is 26.1 Å². The van der Waals surface area contributed by atoms with E-state index < -0.39 is 0 Å². The molecule has 5 rings (SSSR count). The fourth-order valence-electron chi connectivity index (χ4n) is 3.94. The van der Waals surface area contributed by atoms with Gasteiger partial charge >= 0.3 is 0 Å². The van der Waals surface area contributed by atoms with Crippen LogP contribution in [-0.2, 0) is 0 Å². The van der Waals surface area contributed by atoms with Crippen molar-refractivity contribution >= 4 is 33.2 Å². The third-order valence-electron chi connectivity index (χ3n) is 5.28. The summed E-state index contributed by atoms with van der Waals surface area (Å²) in [5, 5.41) is 1.15. The van der Waals surface area contributed by atoms with Crippen molar-refractivity contribution in [2.75, 3.05) is 0 Å². The molecule has 136 valence electrons. The maximum Gasteiger partial charge on any atom is 0.262 e. The molecular weight excluding hydrogens is 366 g/mol. The highest BCUT2D eigenvalue weighted by atomic mass is 32.1. The van der Waals surface area contributed by atoms with Crippen LogP contribution in [0.5, 0.6) is 0 Å². The van der Waals surface area contributed by atoms with Gasteiger partial charge in [-0.05, 0) is 30.7 Å². The summed E-state index contributed by atoms with van der Waals surface area (Å²) >= 11 is 1.65. The second-order valence-electron chi connectivity index (χ2n) is 6.91. The first kappa shape index (κ1) is 16.9. The van der Waals surface area contributed by atoms with Crippen molar-refractivity contribution in [2.24, 2.45) is 0 Å². The third kappa shape index (κ3) is 2.42. The summed E-state index contributed by atoms with van der Waals surface area (Å²) in [6, 6.07) is 25.1. The van der Waals surface area contributed by atoms with Gasteiger partial charge < -0.3 is 0 Å². The first-order chi connectivity index (χ1) is 13.7. The van der Waals surface area contributed by atoms with Gasteiger partial charge in [0.1, 0.15) is 0 Å². The van der Waals surface area contributed by atoms with Gasteiger partial charge in [-0.1, -0.05) is 60.7 Å². The number of hydrogen-bond acceptors (Lipinski definition) is 3. The number of benzene rings is 3. The Morgan fingerprint density at radius 3 is 2.00 bits per heavy atom. The maximum absolute atomic E-state index is 13.0. The summed E-state index contributed by atoms with van der Waals surface area (Å²) in [6.45, 7) is 1.94. The van der Waals surface area contributed by atoms with Gasteiger partial charge in [-0.3, -0.25) is 14.5 Å². The zero-order chi connectivity index (χ0) is 19.3. The molecule has 0 saturated heterocycles. The van der Waals surface area contributed by atoms with Crippen LogP contribution in [0.2, 0.25) is 0 Å². The molecule has 0 N–H and O–H groups in total. The van der Waals surface area contributed by atoms with E-state index in [-0.39, 0.29) is 17.9 Å². The van der Waals surface area contributed by atoms with Crippen LogP contribution in [0, 0.1) is 0 Å². The van der Waals surface area contributed by atoms with Crippen molar-refractivity contribution in [3.05, 3.63) is 94.9 Å². The predicted octanol–water partition coefficient (Wildman–Crippen LogP) is 5.93. The molecule has 0 radical (unpaired) electrons. The molecule has 1 aliphatic rings. The van der Waals surface area contributed by atoms with Crippen molar-refractivity contribution in [3.8, 4) is 11.1 Å². The molecule has 1 aromatic heterocycles. The molecule has 1 aliphatic heterocycles. The maximum atomic E-state index is 13.0. The zero-order valence-corrected chi connectivity index (χ0v) is 16.1. The minimum Gasteiger partial charge on any atom is -0.269 e. The van der Waals surface area contributed by atoms with Crippen molar-refractivity contribution in [2.45, 2.75) is 13.0 Å². The second-order valence-corrected chi connectivity index (χ2v) is 7.99. The Hall–Kier alpha value is -3.24. The monoisotopic (exact) mass is 383 g/mol. The van der Waals surface area contributed by atoms with Gasteiger partial charge in [0.25, 0.3) is 11.8 Å². The molecule has 0 spiro atoms. The van der Waals surface area contributed by atoms with Crippen molar-refractivity contribution in [3.63, 3.8) is 0 Å². The number of imide groups is 1. The van der Waals surface area contributed by atoms with Crippen LogP contribution in [0.4, 0.5) is 0 Å². The normalized spacial score (nSPS) is 14.5. The van der Waals surface area contributed by atoms with E-state index in [0.29, 0.717) is 11.1 Å². The topological polar surface area (TPSA) is 37.4 Å². The van der Waals surface area contributed by atoms with E-state index in [1.54, 1.807) is 35.6 Å². The number of carbonyl (C=O) groups excluding carboxylic acids is 2. The SMILES string of the molecule is CC(c1sc2ccccc2c1-c1ccccc1)N1C(=O)c2ccccc2C1=O. The van der Waals surface area contributed by atoms with E-state index in [2.05, 4.69) is 24.3 Å².